The van der Waals surface area contributed by atoms with Crippen molar-refractivity contribution in [2.45, 2.75) is 33.6 Å². The smallest absolute Gasteiger partial charge is 0.185 e. The van der Waals surface area contributed by atoms with Gasteiger partial charge in [-0.05, 0) is 99.1 Å². The lowest BCUT2D eigenvalue weighted by Crippen LogP contribution is -2.25. The number of rotatable bonds is 7. The highest BCUT2D eigenvalue weighted by Gasteiger charge is 2.13. The van der Waals surface area contributed by atoms with Crippen molar-refractivity contribution in [3.05, 3.63) is 56.8 Å². The Morgan fingerprint density at radius 1 is 1.15 bits per heavy atom. The first-order valence-electron chi connectivity index (χ1n) is 9.27. The van der Waals surface area contributed by atoms with Gasteiger partial charge in [0, 0.05) is 17.0 Å². The maximum Gasteiger partial charge on any atom is 0.185 e. The normalized spacial score (nSPS) is 15.0. The molecule has 1 aromatic heterocycles. The molecule has 1 aromatic carbocycles. The molecule has 0 aliphatic carbocycles. The zero-order chi connectivity index (χ0) is 18.5. The number of carbonyl (C=O) groups is 1. The zero-order valence-corrected chi connectivity index (χ0v) is 16.7. The number of aryl methyl sites for hydroxylation is 3. The number of hydrogen-bond acceptors (Lipinski definition) is 4. The summed E-state index contributed by atoms with van der Waals surface area (Å²) in [4.78, 5) is 16.1. The molecule has 0 radical (unpaired) electrons. The second kappa shape index (κ2) is 8.65. The van der Waals surface area contributed by atoms with Gasteiger partial charge in [-0.15, -0.1) is 11.3 Å². The number of ketones is 1. The fraction of sp³-hybridized carbons (Fsp3) is 0.409. The van der Waals surface area contributed by atoms with E-state index in [-0.39, 0.29) is 5.78 Å². The third-order valence-corrected chi connectivity index (χ3v) is 5.87. The topological polar surface area (TPSA) is 29.5 Å². The molecule has 1 fully saturated rings. The van der Waals surface area contributed by atoms with Crippen LogP contribution in [0, 0.1) is 20.8 Å². The van der Waals surface area contributed by atoms with E-state index in [9.17, 15) is 4.79 Å². The summed E-state index contributed by atoms with van der Waals surface area (Å²) in [6, 6.07) is 5.94. The molecule has 1 aliphatic heterocycles. The molecule has 0 spiro atoms. The van der Waals surface area contributed by atoms with Crippen LogP contribution in [-0.4, -0.2) is 36.9 Å². The second-order valence-corrected chi connectivity index (χ2v) is 7.95. The predicted octanol–water partition coefficient (Wildman–Crippen LogP) is 5.04. The van der Waals surface area contributed by atoms with E-state index in [2.05, 4.69) is 17.9 Å². The van der Waals surface area contributed by atoms with Gasteiger partial charge < -0.3 is 4.74 Å². The number of allylic oxidation sites excluding steroid dienone is 1. The van der Waals surface area contributed by atoms with Gasteiger partial charge in [0.15, 0.2) is 5.78 Å². The molecular formula is C22H27NO2S. The average Bonchev–Trinajstić information content (AvgIpc) is 3.26. The number of likely N-dealkylation sites (tertiary alicyclic amines) is 1. The SMILES string of the molecule is Cc1ccsc1C=CC(=O)c1cc(C)c(OCCN2CCCC2)c(C)c1. The third-order valence-electron chi connectivity index (χ3n) is 4.89. The average molecular weight is 370 g/mol. The van der Waals surface area contributed by atoms with E-state index >= 15 is 0 Å². The van der Waals surface area contributed by atoms with E-state index in [1.54, 1.807) is 17.4 Å². The molecule has 0 unspecified atom stereocenters. The molecular weight excluding hydrogens is 342 g/mol. The Bertz CT molecular complexity index is 777. The van der Waals surface area contributed by atoms with E-state index in [0.29, 0.717) is 6.61 Å². The maximum atomic E-state index is 12.5. The van der Waals surface area contributed by atoms with E-state index in [0.717, 1.165) is 33.9 Å². The summed E-state index contributed by atoms with van der Waals surface area (Å²) in [6.07, 6.45) is 6.18. The Labute approximate surface area is 160 Å². The van der Waals surface area contributed by atoms with Crippen LogP contribution in [-0.2, 0) is 0 Å². The molecule has 0 amide bonds. The molecule has 0 saturated carbocycles. The number of nitrogens with zero attached hydrogens (tertiary/aromatic N) is 1. The summed E-state index contributed by atoms with van der Waals surface area (Å²) in [5.74, 6) is 0.950. The van der Waals surface area contributed by atoms with Crippen LogP contribution in [0.4, 0.5) is 0 Å². The van der Waals surface area contributed by atoms with Crippen molar-refractivity contribution in [3.63, 3.8) is 0 Å². The van der Waals surface area contributed by atoms with Gasteiger partial charge in [-0.3, -0.25) is 9.69 Å². The quantitative estimate of drug-likeness (QED) is 0.505. The van der Waals surface area contributed by atoms with E-state index in [1.807, 2.05) is 37.4 Å². The molecule has 0 N–H and O–H groups in total. The van der Waals surface area contributed by atoms with Crippen LogP contribution in [0.3, 0.4) is 0 Å². The third kappa shape index (κ3) is 4.63. The number of ether oxygens (including phenoxy) is 1. The Balaban J connectivity index is 1.65. The standard InChI is InChI=1S/C22H27NO2S/c1-16-8-13-26-21(16)7-6-20(24)19-14-17(2)22(18(3)15-19)25-12-11-23-9-4-5-10-23/h6-8,13-15H,4-5,9-12H2,1-3H3. The molecule has 4 heteroatoms. The summed E-state index contributed by atoms with van der Waals surface area (Å²) in [5.41, 5.74) is 3.97. The molecule has 1 saturated heterocycles. The fourth-order valence-corrected chi connectivity index (χ4v) is 4.23. The molecule has 1 aliphatic rings. The van der Waals surface area contributed by atoms with E-state index in [1.165, 1.54) is 31.5 Å². The molecule has 0 atom stereocenters. The Morgan fingerprint density at radius 3 is 2.46 bits per heavy atom. The van der Waals surface area contributed by atoms with Crippen LogP contribution in [0.5, 0.6) is 5.75 Å². The summed E-state index contributed by atoms with van der Waals surface area (Å²) in [7, 11) is 0. The Kier molecular flexibility index (Phi) is 6.28. The van der Waals surface area contributed by atoms with Crippen LogP contribution >= 0.6 is 11.3 Å². The summed E-state index contributed by atoms with van der Waals surface area (Å²) < 4.78 is 6.03. The summed E-state index contributed by atoms with van der Waals surface area (Å²) >= 11 is 1.65. The fourth-order valence-electron chi connectivity index (χ4n) is 3.41. The van der Waals surface area contributed by atoms with Crippen LogP contribution < -0.4 is 4.74 Å². The second-order valence-electron chi connectivity index (χ2n) is 7.00. The number of thiophene rings is 1. The van der Waals surface area contributed by atoms with Crippen LogP contribution in [0.15, 0.2) is 29.7 Å². The summed E-state index contributed by atoms with van der Waals surface area (Å²) in [5, 5.41) is 2.04. The minimum Gasteiger partial charge on any atom is -0.492 e. The Morgan fingerprint density at radius 2 is 1.85 bits per heavy atom. The number of benzene rings is 1. The van der Waals surface area contributed by atoms with Crippen molar-refractivity contribution in [2.75, 3.05) is 26.2 Å². The molecule has 0 bridgehead atoms. The van der Waals surface area contributed by atoms with Gasteiger partial charge in [0.1, 0.15) is 12.4 Å². The largest absolute Gasteiger partial charge is 0.492 e. The molecule has 3 nitrogen and oxygen atoms in total. The van der Waals surface area contributed by atoms with Gasteiger partial charge in [-0.2, -0.15) is 0 Å². The van der Waals surface area contributed by atoms with Crippen LogP contribution in [0.1, 0.15) is 44.8 Å². The van der Waals surface area contributed by atoms with Crippen molar-refractivity contribution in [1.82, 2.24) is 4.90 Å². The van der Waals surface area contributed by atoms with Crippen LogP contribution in [0.2, 0.25) is 0 Å². The monoisotopic (exact) mass is 369 g/mol. The highest BCUT2D eigenvalue weighted by atomic mass is 32.1. The van der Waals surface area contributed by atoms with Gasteiger partial charge in [-0.1, -0.05) is 0 Å². The molecule has 2 aromatic rings. The highest BCUT2D eigenvalue weighted by molar-refractivity contribution is 7.11. The highest BCUT2D eigenvalue weighted by Crippen LogP contribution is 2.26. The Hall–Kier alpha value is -1.91. The number of hydrogen-bond donors (Lipinski definition) is 0. The van der Waals surface area contributed by atoms with E-state index < -0.39 is 0 Å². The predicted molar refractivity (Wildman–Crippen MR) is 110 cm³/mol. The minimum atomic E-state index is 0.0348. The lowest BCUT2D eigenvalue weighted by Gasteiger charge is -2.17. The maximum absolute atomic E-state index is 12.5. The van der Waals surface area contributed by atoms with Crippen molar-refractivity contribution in [2.24, 2.45) is 0 Å². The molecule has 2 heterocycles. The van der Waals surface area contributed by atoms with Crippen molar-refractivity contribution < 1.29 is 9.53 Å². The molecule has 3 rings (SSSR count). The van der Waals surface area contributed by atoms with E-state index in [4.69, 9.17) is 4.74 Å². The molecule has 138 valence electrons. The lowest BCUT2D eigenvalue weighted by atomic mass is 10.0. The molecule has 26 heavy (non-hydrogen) atoms. The number of carbonyl (C=O) groups excluding carboxylic acids is 1. The first kappa shape index (κ1) is 18.9. The van der Waals surface area contributed by atoms with Crippen molar-refractivity contribution in [3.8, 4) is 5.75 Å². The van der Waals surface area contributed by atoms with Gasteiger partial charge in [0.25, 0.3) is 0 Å². The minimum absolute atomic E-state index is 0.0348. The summed E-state index contributed by atoms with van der Waals surface area (Å²) in [6.45, 7) is 10.1. The van der Waals surface area contributed by atoms with Crippen molar-refractivity contribution >= 4 is 23.2 Å². The lowest BCUT2D eigenvalue weighted by molar-refractivity contribution is 0.104. The van der Waals surface area contributed by atoms with Gasteiger partial charge in [0.05, 0.1) is 0 Å². The van der Waals surface area contributed by atoms with Gasteiger partial charge >= 0.3 is 0 Å². The first-order chi connectivity index (χ1) is 12.5. The van der Waals surface area contributed by atoms with Gasteiger partial charge in [0.2, 0.25) is 0 Å². The van der Waals surface area contributed by atoms with Crippen LogP contribution in [0.25, 0.3) is 6.08 Å². The van der Waals surface area contributed by atoms with Crippen molar-refractivity contribution in [1.29, 1.82) is 0 Å². The zero-order valence-electron chi connectivity index (χ0n) is 15.9. The first-order valence-corrected chi connectivity index (χ1v) is 10.2. The van der Waals surface area contributed by atoms with Gasteiger partial charge in [-0.25, -0.2) is 0 Å².